The molecule has 2 atom stereocenters. The van der Waals surface area contributed by atoms with Crippen molar-refractivity contribution < 1.29 is 14.4 Å². The van der Waals surface area contributed by atoms with Gasteiger partial charge in [0.05, 0.1) is 12.1 Å². The van der Waals surface area contributed by atoms with Crippen molar-refractivity contribution in [1.29, 1.82) is 0 Å². The highest BCUT2D eigenvalue weighted by Crippen LogP contribution is 2.34. The van der Waals surface area contributed by atoms with E-state index < -0.39 is 11.6 Å². The summed E-state index contributed by atoms with van der Waals surface area (Å²) in [6.07, 6.45) is 3.60. The Labute approximate surface area is 138 Å². The van der Waals surface area contributed by atoms with Gasteiger partial charge in [0.1, 0.15) is 5.54 Å². The van der Waals surface area contributed by atoms with E-state index in [1.54, 1.807) is 16.2 Å². The summed E-state index contributed by atoms with van der Waals surface area (Å²) in [6, 6.07) is -0.466. The molecular formula is C16H19N3O3S. The first-order valence-electron chi connectivity index (χ1n) is 8.00. The molecule has 4 amide bonds. The zero-order valence-corrected chi connectivity index (χ0v) is 13.8. The third-order valence-corrected chi connectivity index (χ3v) is 6.25. The molecule has 7 heteroatoms. The highest BCUT2D eigenvalue weighted by molar-refractivity contribution is 7.10. The Morgan fingerprint density at radius 3 is 3.00 bits per heavy atom. The molecule has 1 aliphatic carbocycles. The van der Waals surface area contributed by atoms with Crippen LogP contribution in [0, 0.1) is 5.92 Å². The van der Waals surface area contributed by atoms with Crippen LogP contribution in [-0.2, 0) is 17.6 Å². The van der Waals surface area contributed by atoms with E-state index >= 15 is 0 Å². The summed E-state index contributed by atoms with van der Waals surface area (Å²) < 4.78 is 0. The van der Waals surface area contributed by atoms with Gasteiger partial charge in [-0.15, -0.1) is 11.3 Å². The maximum absolute atomic E-state index is 12.9. The Bertz CT molecular complexity index is 713. The van der Waals surface area contributed by atoms with Gasteiger partial charge in [0, 0.05) is 16.8 Å². The number of nitrogens with zero attached hydrogens (tertiary/aromatic N) is 1. The minimum absolute atomic E-state index is 0.0112. The van der Waals surface area contributed by atoms with Crippen LogP contribution in [0.1, 0.15) is 40.6 Å². The highest BCUT2D eigenvalue weighted by Gasteiger charge is 2.51. The molecule has 1 aromatic heterocycles. The zero-order valence-electron chi connectivity index (χ0n) is 13.0. The average molecular weight is 333 g/mol. The fourth-order valence-corrected chi connectivity index (χ4v) is 5.06. The molecule has 2 saturated heterocycles. The van der Waals surface area contributed by atoms with Crippen molar-refractivity contribution in [3.8, 4) is 0 Å². The monoisotopic (exact) mass is 333 g/mol. The van der Waals surface area contributed by atoms with Gasteiger partial charge in [-0.05, 0) is 37.2 Å². The standard InChI is InChI=1S/C16H19N3O3S/c1-9-2-3-10-11(7-23-12(10)6-9)13(20)19-5-4-16(8-19)14(21)17-15(22)18-16/h7,9H,2-6,8H2,1H3,(H2,17,18,21,22). The maximum atomic E-state index is 12.9. The second-order valence-electron chi connectivity index (χ2n) is 6.87. The molecule has 1 spiro atoms. The van der Waals surface area contributed by atoms with Crippen LogP contribution in [0.4, 0.5) is 4.79 Å². The van der Waals surface area contributed by atoms with Gasteiger partial charge >= 0.3 is 6.03 Å². The van der Waals surface area contributed by atoms with E-state index in [0.29, 0.717) is 18.9 Å². The van der Waals surface area contributed by atoms with Crippen molar-refractivity contribution in [3.63, 3.8) is 0 Å². The summed E-state index contributed by atoms with van der Waals surface area (Å²) in [5, 5.41) is 6.92. The fourth-order valence-electron chi connectivity index (χ4n) is 3.83. The molecule has 4 rings (SSSR count). The van der Waals surface area contributed by atoms with Crippen molar-refractivity contribution in [2.75, 3.05) is 13.1 Å². The summed E-state index contributed by atoms with van der Waals surface area (Å²) in [6.45, 7) is 2.99. The minimum atomic E-state index is -0.933. The minimum Gasteiger partial charge on any atom is -0.336 e. The largest absolute Gasteiger partial charge is 0.336 e. The summed E-state index contributed by atoms with van der Waals surface area (Å²) in [4.78, 5) is 39.3. The number of amides is 4. The van der Waals surface area contributed by atoms with Crippen LogP contribution in [0.15, 0.2) is 5.38 Å². The van der Waals surface area contributed by atoms with Gasteiger partial charge in [0.25, 0.3) is 11.8 Å². The number of thiophene rings is 1. The predicted molar refractivity (Wildman–Crippen MR) is 85.4 cm³/mol. The summed E-state index contributed by atoms with van der Waals surface area (Å²) in [5.74, 6) is 0.346. The third-order valence-electron chi connectivity index (χ3n) is 5.20. The van der Waals surface area contributed by atoms with Crippen LogP contribution in [0.2, 0.25) is 0 Å². The lowest BCUT2D eigenvalue weighted by atomic mass is 9.88. The van der Waals surface area contributed by atoms with Crippen molar-refractivity contribution in [2.24, 2.45) is 5.92 Å². The van der Waals surface area contributed by atoms with E-state index in [9.17, 15) is 14.4 Å². The number of hydrogen-bond donors (Lipinski definition) is 2. The van der Waals surface area contributed by atoms with E-state index in [4.69, 9.17) is 0 Å². The highest BCUT2D eigenvalue weighted by atomic mass is 32.1. The van der Waals surface area contributed by atoms with Crippen LogP contribution < -0.4 is 10.6 Å². The predicted octanol–water partition coefficient (Wildman–Crippen LogP) is 1.30. The number of fused-ring (bicyclic) bond motifs is 1. The van der Waals surface area contributed by atoms with E-state index in [1.165, 1.54) is 10.4 Å². The van der Waals surface area contributed by atoms with Gasteiger partial charge in [0.15, 0.2) is 0 Å². The lowest BCUT2D eigenvalue weighted by Crippen LogP contribution is -2.49. The van der Waals surface area contributed by atoms with E-state index in [1.807, 2.05) is 5.38 Å². The number of carbonyl (C=O) groups is 3. The molecule has 0 bridgehead atoms. The van der Waals surface area contributed by atoms with Crippen molar-refractivity contribution >= 4 is 29.2 Å². The number of urea groups is 1. The number of nitrogens with one attached hydrogen (secondary N) is 2. The first-order valence-corrected chi connectivity index (χ1v) is 8.88. The number of hydrogen-bond acceptors (Lipinski definition) is 4. The van der Waals surface area contributed by atoms with E-state index in [0.717, 1.165) is 24.8 Å². The molecule has 23 heavy (non-hydrogen) atoms. The lowest BCUT2D eigenvalue weighted by molar-refractivity contribution is -0.123. The van der Waals surface area contributed by atoms with E-state index in [-0.39, 0.29) is 18.4 Å². The molecule has 2 fully saturated rings. The van der Waals surface area contributed by atoms with Gasteiger partial charge in [-0.1, -0.05) is 6.92 Å². The SMILES string of the molecule is CC1CCc2c(C(=O)N3CCC4(C3)NC(=O)NC4=O)csc2C1. The summed E-state index contributed by atoms with van der Waals surface area (Å²) in [5.41, 5.74) is 1.05. The first-order chi connectivity index (χ1) is 11.0. The average Bonchev–Trinajstić information content (AvgIpc) is 3.17. The Kier molecular flexibility index (Phi) is 3.23. The quantitative estimate of drug-likeness (QED) is 0.760. The number of imide groups is 1. The normalized spacial score (nSPS) is 29.6. The van der Waals surface area contributed by atoms with Crippen LogP contribution in [0.5, 0.6) is 0 Å². The molecule has 0 radical (unpaired) electrons. The van der Waals surface area contributed by atoms with Gasteiger partial charge in [-0.25, -0.2) is 4.79 Å². The molecule has 6 nitrogen and oxygen atoms in total. The Balaban J connectivity index is 1.55. The smallest absolute Gasteiger partial charge is 0.322 e. The molecule has 1 aromatic rings. The first kappa shape index (κ1) is 14.7. The molecule has 122 valence electrons. The molecule has 2 N–H and O–H groups in total. The van der Waals surface area contributed by atoms with Gasteiger partial charge in [-0.3, -0.25) is 14.9 Å². The molecule has 3 aliphatic rings. The second kappa shape index (κ2) is 5.06. The lowest BCUT2D eigenvalue weighted by Gasteiger charge is -2.22. The molecule has 0 saturated carbocycles. The maximum Gasteiger partial charge on any atom is 0.322 e. The van der Waals surface area contributed by atoms with Crippen molar-refractivity contribution in [1.82, 2.24) is 15.5 Å². The van der Waals surface area contributed by atoms with Crippen LogP contribution in [-0.4, -0.2) is 41.4 Å². The van der Waals surface area contributed by atoms with Crippen LogP contribution in [0.25, 0.3) is 0 Å². The third kappa shape index (κ3) is 2.25. The van der Waals surface area contributed by atoms with Crippen LogP contribution in [0.3, 0.4) is 0 Å². The molecule has 2 unspecified atom stereocenters. The number of likely N-dealkylation sites (tertiary alicyclic amines) is 1. The summed E-state index contributed by atoms with van der Waals surface area (Å²) >= 11 is 1.67. The van der Waals surface area contributed by atoms with Gasteiger partial charge in [-0.2, -0.15) is 0 Å². The van der Waals surface area contributed by atoms with Crippen LogP contribution >= 0.6 is 11.3 Å². The zero-order chi connectivity index (χ0) is 16.2. The molecule has 3 heterocycles. The fraction of sp³-hybridized carbons (Fsp3) is 0.562. The van der Waals surface area contributed by atoms with Gasteiger partial charge in [0.2, 0.25) is 0 Å². The summed E-state index contributed by atoms with van der Waals surface area (Å²) in [7, 11) is 0. The molecular weight excluding hydrogens is 314 g/mol. The molecule has 0 aromatic carbocycles. The number of carbonyl (C=O) groups excluding carboxylic acids is 3. The second-order valence-corrected chi connectivity index (χ2v) is 7.83. The van der Waals surface area contributed by atoms with Crippen molar-refractivity contribution in [3.05, 3.63) is 21.4 Å². The number of rotatable bonds is 1. The van der Waals surface area contributed by atoms with E-state index in [2.05, 4.69) is 17.6 Å². The Hall–Kier alpha value is -1.89. The Morgan fingerprint density at radius 1 is 1.43 bits per heavy atom. The molecule has 2 aliphatic heterocycles. The van der Waals surface area contributed by atoms with Gasteiger partial charge < -0.3 is 10.2 Å². The Morgan fingerprint density at radius 2 is 2.26 bits per heavy atom. The van der Waals surface area contributed by atoms with Crippen molar-refractivity contribution in [2.45, 2.75) is 38.1 Å². The topological polar surface area (TPSA) is 78.5 Å².